The number of ether oxygens (including phenoxy) is 3. The zero-order chi connectivity index (χ0) is 23.8. The van der Waals surface area contributed by atoms with Crippen molar-refractivity contribution in [3.63, 3.8) is 0 Å². The maximum atomic E-state index is 5.74. The van der Waals surface area contributed by atoms with Crippen molar-refractivity contribution < 1.29 is 14.2 Å². The van der Waals surface area contributed by atoms with Crippen LogP contribution in [0.25, 0.3) is 11.0 Å². The summed E-state index contributed by atoms with van der Waals surface area (Å²) in [7, 11) is 3.37. The Kier molecular flexibility index (Phi) is 5.93. The molecule has 10 nitrogen and oxygen atoms in total. The van der Waals surface area contributed by atoms with E-state index >= 15 is 0 Å². The summed E-state index contributed by atoms with van der Waals surface area (Å²) < 4.78 is 19.0. The molecule has 35 heavy (non-hydrogen) atoms. The molecular formula is C25H31N7O3. The Bertz CT molecular complexity index is 1240. The molecule has 1 aromatic heterocycles. The summed E-state index contributed by atoms with van der Waals surface area (Å²) in [5, 5.41) is 3.67. The molecule has 0 saturated carbocycles. The van der Waals surface area contributed by atoms with Crippen LogP contribution in [0.1, 0.15) is 11.7 Å². The Balaban J connectivity index is 1.36. The number of rotatable bonds is 6. The number of imidazole rings is 1. The normalized spacial score (nSPS) is 20.7. The lowest BCUT2D eigenvalue weighted by molar-refractivity contribution is 0.0334. The molecule has 0 radical (unpaired) electrons. The molecule has 1 unspecified atom stereocenters. The van der Waals surface area contributed by atoms with E-state index in [1.54, 1.807) is 14.2 Å². The van der Waals surface area contributed by atoms with Gasteiger partial charge in [-0.2, -0.15) is 0 Å². The fourth-order valence-electron chi connectivity index (χ4n) is 5.03. The van der Waals surface area contributed by atoms with Gasteiger partial charge in [-0.15, -0.1) is 0 Å². The summed E-state index contributed by atoms with van der Waals surface area (Å²) in [6.45, 7) is 6.94. The number of hydrogen-bond acceptors (Lipinski definition) is 9. The van der Waals surface area contributed by atoms with Crippen molar-refractivity contribution in [1.29, 1.82) is 0 Å². The van der Waals surface area contributed by atoms with Crippen molar-refractivity contribution >= 4 is 22.9 Å². The summed E-state index contributed by atoms with van der Waals surface area (Å²) in [5.74, 6) is 3.25. The number of fused-ring (bicyclic) bond motifs is 5. The molecule has 10 heteroatoms. The van der Waals surface area contributed by atoms with E-state index in [4.69, 9.17) is 24.2 Å². The fraction of sp³-hybridized carbons (Fsp3) is 0.440. The number of guanidine groups is 1. The zero-order valence-corrected chi connectivity index (χ0v) is 20.2. The summed E-state index contributed by atoms with van der Waals surface area (Å²) >= 11 is 0. The molecule has 4 heterocycles. The molecule has 184 valence electrons. The van der Waals surface area contributed by atoms with Crippen LogP contribution >= 0.6 is 0 Å². The molecule has 3 aromatic rings. The third kappa shape index (κ3) is 4.07. The van der Waals surface area contributed by atoms with Gasteiger partial charge in [-0.3, -0.25) is 19.3 Å². The third-order valence-corrected chi connectivity index (χ3v) is 6.93. The van der Waals surface area contributed by atoms with Crippen LogP contribution in [-0.4, -0.2) is 92.3 Å². The maximum absolute atomic E-state index is 5.74. The van der Waals surface area contributed by atoms with E-state index < -0.39 is 0 Å². The smallest absolute Gasteiger partial charge is 0.216 e. The van der Waals surface area contributed by atoms with E-state index in [2.05, 4.69) is 36.7 Å². The van der Waals surface area contributed by atoms with Crippen LogP contribution in [0.3, 0.4) is 0 Å². The van der Waals surface area contributed by atoms with Gasteiger partial charge in [-0.05, 0) is 30.3 Å². The predicted octanol–water partition coefficient (Wildman–Crippen LogP) is 1.93. The first kappa shape index (κ1) is 22.1. The quantitative estimate of drug-likeness (QED) is 0.577. The van der Waals surface area contributed by atoms with Crippen molar-refractivity contribution in [2.75, 3.05) is 71.8 Å². The molecule has 0 spiro atoms. The molecule has 1 atom stereocenters. The Hall–Kier alpha value is -3.34. The number of methoxy groups -OCH3 is 2. The molecule has 3 aliphatic heterocycles. The average molecular weight is 478 g/mol. The van der Waals surface area contributed by atoms with E-state index in [9.17, 15) is 0 Å². The minimum absolute atomic E-state index is 0.239. The highest BCUT2D eigenvalue weighted by molar-refractivity contribution is 5.99. The lowest BCUT2D eigenvalue weighted by atomic mass is 10.1. The number of para-hydroxylation sites is 2. The van der Waals surface area contributed by atoms with Gasteiger partial charge >= 0.3 is 0 Å². The monoisotopic (exact) mass is 477 g/mol. The summed E-state index contributed by atoms with van der Waals surface area (Å²) in [5.41, 5.74) is 2.96. The number of morpholine rings is 1. The molecular weight excluding hydrogens is 446 g/mol. The SMILES string of the molecule is COc1ccc(OC)c(C2NC3=NCN(CCN4CCOCC4)CN3c3nc4ccccc4n32)c1. The van der Waals surface area contributed by atoms with Gasteiger partial charge in [-0.25, -0.2) is 9.98 Å². The number of benzene rings is 2. The van der Waals surface area contributed by atoms with E-state index in [0.29, 0.717) is 6.67 Å². The maximum Gasteiger partial charge on any atom is 0.216 e. The van der Waals surface area contributed by atoms with Gasteiger partial charge < -0.3 is 19.5 Å². The zero-order valence-electron chi connectivity index (χ0n) is 20.2. The molecule has 1 fully saturated rings. The lowest BCUT2D eigenvalue weighted by Gasteiger charge is -2.42. The number of nitrogens with zero attached hydrogens (tertiary/aromatic N) is 6. The van der Waals surface area contributed by atoms with Crippen LogP contribution in [0.4, 0.5) is 5.95 Å². The molecule has 0 amide bonds. The largest absolute Gasteiger partial charge is 0.497 e. The minimum atomic E-state index is -0.239. The number of aliphatic imine (C=N–C) groups is 1. The minimum Gasteiger partial charge on any atom is -0.497 e. The standard InChI is InChI=1S/C25H31N7O3/c1-33-18-7-8-22(34-2)19(15-18)23-28-24-26-16-30(10-9-29-11-13-35-14-12-29)17-31(24)25-27-20-5-3-4-6-21(20)32(23)25/h3-8,15,23H,9-14,16-17H2,1-2H3,(H,26,28). The highest BCUT2D eigenvalue weighted by atomic mass is 16.5. The Morgan fingerprint density at radius 2 is 1.86 bits per heavy atom. The number of aromatic nitrogens is 2. The van der Waals surface area contributed by atoms with Gasteiger partial charge in [0, 0.05) is 31.7 Å². The van der Waals surface area contributed by atoms with E-state index in [1.807, 2.05) is 30.3 Å². The molecule has 6 rings (SSSR count). The molecule has 1 N–H and O–H groups in total. The fourth-order valence-corrected chi connectivity index (χ4v) is 5.03. The topological polar surface area (TPSA) is 79.6 Å². The van der Waals surface area contributed by atoms with Crippen LogP contribution < -0.4 is 19.7 Å². The summed E-state index contributed by atoms with van der Waals surface area (Å²) in [6, 6.07) is 14.1. The summed E-state index contributed by atoms with van der Waals surface area (Å²) in [4.78, 5) is 17.0. The molecule has 0 aliphatic carbocycles. The molecule has 2 aromatic carbocycles. The summed E-state index contributed by atoms with van der Waals surface area (Å²) in [6.07, 6.45) is -0.239. The number of nitrogens with one attached hydrogen (secondary N) is 1. The van der Waals surface area contributed by atoms with Crippen LogP contribution in [-0.2, 0) is 4.74 Å². The number of hydrogen-bond donors (Lipinski definition) is 1. The Morgan fingerprint density at radius 3 is 2.69 bits per heavy atom. The average Bonchev–Trinajstić information content (AvgIpc) is 3.32. The first-order valence-electron chi connectivity index (χ1n) is 12.0. The van der Waals surface area contributed by atoms with Crippen molar-refractivity contribution in [2.45, 2.75) is 6.17 Å². The van der Waals surface area contributed by atoms with Gasteiger partial charge in [0.15, 0.2) is 0 Å². The van der Waals surface area contributed by atoms with Gasteiger partial charge in [0.25, 0.3) is 0 Å². The van der Waals surface area contributed by atoms with Crippen LogP contribution in [0.5, 0.6) is 11.5 Å². The van der Waals surface area contributed by atoms with Crippen LogP contribution in [0.2, 0.25) is 0 Å². The van der Waals surface area contributed by atoms with Crippen LogP contribution in [0, 0.1) is 0 Å². The van der Waals surface area contributed by atoms with Crippen molar-refractivity contribution in [1.82, 2.24) is 24.7 Å². The van der Waals surface area contributed by atoms with E-state index in [0.717, 1.165) is 86.1 Å². The van der Waals surface area contributed by atoms with Crippen molar-refractivity contribution in [3.05, 3.63) is 48.0 Å². The predicted molar refractivity (Wildman–Crippen MR) is 134 cm³/mol. The van der Waals surface area contributed by atoms with E-state index in [-0.39, 0.29) is 6.17 Å². The van der Waals surface area contributed by atoms with Crippen molar-refractivity contribution in [3.8, 4) is 11.5 Å². The molecule has 3 aliphatic rings. The first-order valence-corrected chi connectivity index (χ1v) is 12.0. The van der Waals surface area contributed by atoms with Gasteiger partial charge in [0.2, 0.25) is 11.9 Å². The second kappa shape index (κ2) is 9.37. The van der Waals surface area contributed by atoms with Gasteiger partial charge in [0.1, 0.15) is 17.7 Å². The lowest BCUT2D eigenvalue weighted by Crippen LogP contribution is -2.58. The molecule has 0 bridgehead atoms. The first-order chi connectivity index (χ1) is 17.2. The Labute approximate surface area is 204 Å². The van der Waals surface area contributed by atoms with Crippen LogP contribution in [0.15, 0.2) is 47.5 Å². The number of anilines is 1. The van der Waals surface area contributed by atoms with Crippen molar-refractivity contribution in [2.24, 2.45) is 4.99 Å². The van der Waals surface area contributed by atoms with Gasteiger partial charge in [0.05, 0.1) is 51.8 Å². The third-order valence-electron chi connectivity index (χ3n) is 6.93. The van der Waals surface area contributed by atoms with E-state index in [1.165, 1.54) is 0 Å². The second-order valence-corrected chi connectivity index (χ2v) is 8.97. The highest BCUT2D eigenvalue weighted by Crippen LogP contribution is 2.38. The molecule has 1 saturated heterocycles. The Morgan fingerprint density at radius 1 is 1.03 bits per heavy atom. The highest BCUT2D eigenvalue weighted by Gasteiger charge is 2.37. The second-order valence-electron chi connectivity index (χ2n) is 8.97. The van der Waals surface area contributed by atoms with Gasteiger partial charge in [-0.1, -0.05) is 12.1 Å².